The van der Waals surface area contributed by atoms with Crippen LogP contribution in [0.2, 0.25) is 0 Å². The van der Waals surface area contributed by atoms with Crippen molar-refractivity contribution in [1.29, 1.82) is 0 Å². The summed E-state index contributed by atoms with van der Waals surface area (Å²) >= 11 is 0. The van der Waals surface area contributed by atoms with Crippen LogP contribution >= 0.6 is 0 Å². The first-order valence-electron chi connectivity index (χ1n) is 6.05. The maximum atomic E-state index is 12.3. The van der Waals surface area contributed by atoms with Gasteiger partial charge in [-0.1, -0.05) is 6.92 Å². The number of carbonyl (C=O) groups is 1. The van der Waals surface area contributed by atoms with Gasteiger partial charge >= 0.3 is 0 Å². The van der Waals surface area contributed by atoms with E-state index >= 15 is 0 Å². The topological polar surface area (TPSA) is 29.5 Å². The maximum absolute atomic E-state index is 12.3. The van der Waals surface area contributed by atoms with Crippen LogP contribution in [-0.4, -0.2) is 42.5 Å². The Bertz CT molecular complexity index is 244. The van der Waals surface area contributed by atoms with E-state index in [1.807, 2.05) is 0 Å². The van der Waals surface area contributed by atoms with Crippen LogP contribution in [0.25, 0.3) is 0 Å². The normalized spacial score (nSPS) is 27.3. The number of Topliss-reactive ketones (excluding diaryl/α,β-unsaturated/α-hetero) is 1. The Morgan fingerprint density at radius 1 is 1.40 bits per heavy atom. The lowest BCUT2D eigenvalue weighted by atomic mass is 9.88. The van der Waals surface area contributed by atoms with Gasteiger partial charge < -0.3 is 4.74 Å². The predicted octanol–water partition coefficient (Wildman–Crippen LogP) is 1.47. The van der Waals surface area contributed by atoms with Crippen molar-refractivity contribution in [1.82, 2.24) is 4.90 Å². The smallest absolute Gasteiger partial charge is 0.155 e. The molecule has 1 heterocycles. The van der Waals surface area contributed by atoms with E-state index in [2.05, 4.69) is 18.7 Å². The van der Waals surface area contributed by atoms with Gasteiger partial charge in [-0.05, 0) is 26.2 Å². The third-order valence-electron chi connectivity index (χ3n) is 3.88. The Balaban J connectivity index is 2.07. The lowest BCUT2D eigenvalue weighted by Crippen LogP contribution is -2.56. The second-order valence-corrected chi connectivity index (χ2v) is 4.87. The van der Waals surface area contributed by atoms with Crippen LogP contribution in [-0.2, 0) is 9.53 Å². The van der Waals surface area contributed by atoms with Gasteiger partial charge in [0, 0.05) is 19.0 Å². The summed E-state index contributed by atoms with van der Waals surface area (Å²) in [5.74, 6) is 0.824. The summed E-state index contributed by atoms with van der Waals surface area (Å²) in [4.78, 5) is 14.6. The molecule has 0 N–H and O–H groups in total. The van der Waals surface area contributed by atoms with Gasteiger partial charge in [0.25, 0.3) is 0 Å². The summed E-state index contributed by atoms with van der Waals surface area (Å²) in [6, 6.07) is 0. The zero-order valence-corrected chi connectivity index (χ0v) is 9.79. The third kappa shape index (κ3) is 2.08. The number of nitrogens with zero attached hydrogens (tertiary/aromatic N) is 1. The lowest BCUT2D eigenvalue weighted by Gasteiger charge is -2.41. The maximum Gasteiger partial charge on any atom is 0.155 e. The molecule has 0 aromatic carbocycles. The monoisotopic (exact) mass is 211 g/mol. The summed E-state index contributed by atoms with van der Waals surface area (Å²) < 4.78 is 5.34. The Labute approximate surface area is 91.8 Å². The van der Waals surface area contributed by atoms with Gasteiger partial charge in [0.05, 0.1) is 18.8 Å². The minimum Gasteiger partial charge on any atom is -0.379 e. The minimum absolute atomic E-state index is 0.231. The van der Waals surface area contributed by atoms with Crippen molar-refractivity contribution < 1.29 is 9.53 Å². The molecule has 1 unspecified atom stereocenters. The second kappa shape index (κ2) is 4.22. The molecule has 3 nitrogen and oxygen atoms in total. The Morgan fingerprint density at radius 3 is 2.47 bits per heavy atom. The minimum atomic E-state index is -0.231. The van der Waals surface area contributed by atoms with Crippen molar-refractivity contribution in [3.63, 3.8) is 0 Å². The van der Waals surface area contributed by atoms with E-state index in [0.717, 1.165) is 45.6 Å². The van der Waals surface area contributed by atoms with Crippen molar-refractivity contribution in [2.45, 2.75) is 38.6 Å². The number of carbonyl (C=O) groups excluding carboxylic acids is 1. The molecule has 2 rings (SSSR count). The van der Waals surface area contributed by atoms with Crippen LogP contribution in [0.3, 0.4) is 0 Å². The van der Waals surface area contributed by atoms with Crippen molar-refractivity contribution >= 4 is 5.78 Å². The van der Waals surface area contributed by atoms with E-state index in [9.17, 15) is 4.79 Å². The molecule has 0 amide bonds. The van der Waals surface area contributed by atoms with Gasteiger partial charge in [0.1, 0.15) is 0 Å². The van der Waals surface area contributed by atoms with Gasteiger partial charge in [-0.2, -0.15) is 0 Å². The largest absolute Gasteiger partial charge is 0.379 e. The molecule has 1 aliphatic heterocycles. The van der Waals surface area contributed by atoms with Crippen molar-refractivity contribution in [3.05, 3.63) is 0 Å². The predicted molar refractivity (Wildman–Crippen MR) is 58.8 cm³/mol. The SMILES string of the molecule is CCC(C)(C(=O)C1CC1)N1CCOCC1. The lowest BCUT2D eigenvalue weighted by molar-refractivity contribution is -0.135. The molecule has 0 aromatic heterocycles. The molecule has 1 aliphatic carbocycles. The van der Waals surface area contributed by atoms with Crippen LogP contribution in [0.15, 0.2) is 0 Å². The number of morpholine rings is 1. The molecule has 1 atom stereocenters. The first kappa shape index (κ1) is 11.1. The number of ketones is 1. The molecule has 1 saturated carbocycles. The fraction of sp³-hybridized carbons (Fsp3) is 0.917. The van der Waals surface area contributed by atoms with E-state index in [4.69, 9.17) is 4.74 Å². The van der Waals surface area contributed by atoms with Crippen LogP contribution in [0.5, 0.6) is 0 Å². The quantitative estimate of drug-likeness (QED) is 0.705. The summed E-state index contributed by atoms with van der Waals surface area (Å²) in [5.41, 5.74) is -0.231. The Kier molecular flexibility index (Phi) is 3.12. The number of rotatable bonds is 4. The van der Waals surface area contributed by atoms with Crippen molar-refractivity contribution in [2.75, 3.05) is 26.3 Å². The highest BCUT2D eigenvalue weighted by atomic mass is 16.5. The second-order valence-electron chi connectivity index (χ2n) is 4.87. The molecule has 1 saturated heterocycles. The van der Waals surface area contributed by atoms with E-state index in [0.29, 0.717) is 11.7 Å². The summed E-state index contributed by atoms with van der Waals surface area (Å²) in [7, 11) is 0. The van der Waals surface area contributed by atoms with Gasteiger partial charge in [0.15, 0.2) is 5.78 Å². The molecule has 2 aliphatic rings. The first-order valence-corrected chi connectivity index (χ1v) is 6.05. The van der Waals surface area contributed by atoms with E-state index in [1.165, 1.54) is 0 Å². The highest BCUT2D eigenvalue weighted by Gasteiger charge is 2.45. The van der Waals surface area contributed by atoms with Crippen LogP contribution in [0.4, 0.5) is 0 Å². The summed E-state index contributed by atoms with van der Waals surface area (Å²) in [6.45, 7) is 7.58. The summed E-state index contributed by atoms with van der Waals surface area (Å²) in [6.07, 6.45) is 3.14. The Morgan fingerprint density at radius 2 is 2.00 bits per heavy atom. The van der Waals surface area contributed by atoms with E-state index in [-0.39, 0.29) is 5.54 Å². The molecule has 0 spiro atoms. The first-order chi connectivity index (χ1) is 7.18. The molecule has 0 aromatic rings. The average Bonchev–Trinajstić information content (AvgIpc) is 3.12. The molecule has 0 bridgehead atoms. The van der Waals surface area contributed by atoms with E-state index < -0.39 is 0 Å². The number of hydrogen-bond acceptors (Lipinski definition) is 3. The molecule has 2 fully saturated rings. The van der Waals surface area contributed by atoms with Crippen molar-refractivity contribution in [2.24, 2.45) is 5.92 Å². The molecular weight excluding hydrogens is 190 g/mol. The number of hydrogen-bond donors (Lipinski definition) is 0. The average molecular weight is 211 g/mol. The number of ether oxygens (including phenoxy) is 1. The zero-order valence-electron chi connectivity index (χ0n) is 9.79. The third-order valence-corrected chi connectivity index (χ3v) is 3.88. The van der Waals surface area contributed by atoms with Crippen LogP contribution in [0.1, 0.15) is 33.1 Å². The fourth-order valence-corrected chi connectivity index (χ4v) is 2.40. The molecule has 86 valence electrons. The highest BCUT2D eigenvalue weighted by molar-refractivity contribution is 5.91. The zero-order chi connectivity index (χ0) is 10.9. The molecule has 15 heavy (non-hydrogen) atoms. The molecule has 3 heteroatoms. The molecular formula is C12H21NO2. The van der Waals surface area contributed by atoms with Gasteiger partial charge in [-0.25, -0.2) is 0 Å². The van der Waals surface area contributed by atoms with Crippen LogP contribution in [0, 0.1) is 5.92 Å². The van der Waals surface area contributed by atoms with E-state index in [1.54, 1.807) is 0 Å². The molecule has 0 radical (unpaired) electrons. The van der Waals surface area contributed by atoms with Gasteiger partial charge in [0.2, 0.25) is 0 Å². The van der Waals surface area contributed by atoms with Crippen LogP contribution < -0.4 is 0 Å². The Hall–Kier alpha value is -0.410. The van der Waals surface area contributed by atoms with Gasteiger partial charge in [-0.15, -0.1) is 0 Å². The van der Waals surface area contributed by atoms with Crippen molar-refractivity contribution in [3.8, 4) is 0 Å². The standard InChI is InChI=1S/C12H21NO2/c1-3-12(2,11(14)10-4-5-10)13-6-8-15-9-7-13/h10H,3-9H2,1-2H3. The fourth-order valence-electron chi connectivity index (χ4n) is 2.40. The highest BCUT2D eigenvalue weighted by Crippen LogP contribution is 2.37. The van der Waals surface area contributed by atoms with Gasteiger partial charge in [-0.3, -0.25) is 9.69 Å². The summed E-state index contributed by atoms with van der Waals surface area (Å²) in [5, 5.41) is 0.